The lowest BCUT2D eigenvalue weighted by molar-refractivity contribution is -0.123. The van der Waals surface area contributed by atoms with Crippen LogP contribution < -0.4 is 14.9 Å². The Hall–Kier alpha value is -3.08. The topological polar surface area (TPSA) is 59.9 Å². The van der Waals surface area contributed by atoms with Crippen LogP contribution in [0.5, 0.6) is 11.5 Å². The van der Waals surface area contributed by atoms with Crippen molar-refractivity contribution in [3.8, 4) is 11.5 Å². The minimum atomic E-state index is -0.323. The summed E-state index contributed by atoms with van der Waals surface area (Å²) in [4.78, 5) is 11.6. The average molecular weight is 310 g/mol. The number of hydrazone groups is 1. The van der Waals surface area contributed by atoms with Crippen LogP contribution >= 0.6 is 0 Å². The van der Waals surface area contributed by atoms with E-state index in [0.717, 1.165) is 11.3 Å². The van der Waals surface area contributed by atoms with Gasteiger partial charge in [0.05, 0.1) is 6.21 Å². The molecule has 118 valence electrons. The van der Waals surface area contributed by atoms with Gasteiger partial charge < -0.3 is 9.47 Å². The molecule has 1 N–H and O–H groups in total. The fourth-order valence-electron chi connectivity index (χ4n) is 1.68. The third-order valence-corrected chi connectivity index (χ3v) is 2.76. The van der Waals surface area contributed by atoms with Crippen molar-refractivity contribution in [2.75, 3.05) is 13.2 Å². The molecule has 0 atom stereocenters. The highest BCUT2D eigenvalue weighted by molar-refractivity contribution is 5.83. The lowest BCUT2D eigenvalue weighted by Crippen LogP contribution is -2.24. The summed E-state index contributed by atoms with van der Waals surface area (Å²) < 4.78 is 10.7. The molecule has 0 aliphatic carbocycles. The minimum Gasteiger partial charge on any atom is -0.490 e. The molecule has 0 fully saturated rings. The number of ether oxygens (including phenoxy) is 2. The van der Waals surface area contributed by atoms with E-state index in [1.807, 2.05) is 42.5 Å². The molecule has 23 heavy (non-hydrogen) atoms. The molecular weight excluding hydrogens is 292 g/mol. The highest BCUT2D eigenvalue weighted by Crippen LogP contribution is 2.11. The number of rotatable bonds is 8. The Kier molecular flexibility index (Phi) is 6.41. The van der Waals surface area contributed by atoms with Crippen LogP contribution in [0.2, 0.25) is 0 Å². The smallest absolute Gasteiger partial charge is 0.277 e. The van der Waals surface area contributed by atoms with Crippen LogP contribution in [0.4, 0.5) is 0 Å². The predicted molar refractivity (Wildman–Crippen MR) is 89.8 cm³/mol. The van der Waals surface area contributed by atoms with Crippen molar-refractivity contribution in [2.45, 2.75) is 0 Å². The first-order valence-electron chi connectivity index (χ1n) is 7.11. The number of amides is 1. The molecule has 0 radical (unpaired) electrons. The number of carbonyl (C=O) groups is 1. The summed E-state index contributed by atoms with van der Waals surface area (Å²) in [7, 11) is 0. The Morgan fingerprint density at radius 3 is 2.43 bits per heavy atom. The zero-order chi connectivity index (χ0) is 16.3. The summed E-state index contributed by atoms with van der Waals surface area (Å²) in [6.07, 6.45) is 3.24. The number of hydrogen-bond donors (Lipinski definition) is 1. The van der Waals surface area contributed by atoms with E-state index >= 15 is 0 Å². The van der Waals surface area contributed by atoms with Gasteiger partial charge in [-0.15, -0.1) is 0 Å². The molecule has 0 unspecified atom stereocenters. The molecule has 5 heteroatoms. The monoisotopic (exact) mass is 310 g/mol. The minimum absolute atomic E-state index is 0.0876. The van der Waals surface area contributed by atoms with Gasteiger partial charge in [-0.1, -0.05) is 30.9 Å². The molecule has 0 heterocycles. The van der Waals surface area contributed by atoms with E-state index in [1.165, 1.54) is 0 Å². The van der Waals surface area contributed by atoms with Crippen LogP contribution in [0, 0.1) is 0 Å². The Labute approximate surface area is 135 Å². The zero-order valence-corrected chi connectivity index (χ0v) is 12.6. The quantitative estimate of drug-likeness (QED) is 0.463. The van der Waals surface area contributed by atoms with E-state index in [4.69, 9.17) is 9.47 Å². The van der Waals surface area contributed by atoms with E-state index in [2.05, 4.69) is 17.1 Å². The van der Waals surface area contributed by atoms with Gasteiger partial charge in [-0.25, -0.2) is 5.43 Å². The van der Waals surface area contributed by atoms with Crippen molar-refractivity contribution in [3.05, 3.63) is 72.8 Å². The second kappa shape index (κ2) is 9.04. The normalized spacial score (nSPS) is 10.3. The van der Waals surface area contributed by atoms with Crippen molar-refractivity contribution in [1.82, 2.24) is 5.43 Å². The highest BCUT2D eigenvalue weighted by atomic mass is 16.5. The highest BCUT2D eigenvalue weighted by Gasteiger charge is 2.00. The molecule has 0 aliphatic heterocycles. The molecule has 0 aliphatic rings. The zero-order valence-electron chi connectivity index (χ0n) is 12.6. The van der Waals surface area contributed by atoms with Crippen molar-refractivity contribution in [3.63, 3.8) is 0 Å². The van der Waals surface area contributed by atoms with E-state index in [9.17, 15) is 4.79 Å². The van der Waals surface area contributed by atoms with Crippen LogP contribution in [0.15, 0.2) is 72.4 Å². The van der Waals surface area contributed by atoms with Crippen molar-refractivity contribution < 1.29 is 14.3 Å². The number of nitrogens with one attached hydrogen (secondary N) is 1. The molecule has 5 nitrogen and oxygen atoms in total. The lowest BCUT2D eigenvalue weighted by atomic mass is 10.2. The summed E-state index contributed by atoms with van der Waals surface area (Å²) in [5, 5.41) is 3.88. The third kappa shape index (κ3) is 6.05. The number of hydrogen-bond acceptors (Lipinski definition) is 4. The molecule has 0 saturated carbocycles. The van der Waals surface area contributed by atoms with Gasteiger partial charge in [-0.2, -0.15) is 5.10 Å². The van der Waals surface area contributed by atoms with Crippen LogP contribution in [0.1, 0.15) is 5.56 Å². The Bertz CT molecular complexity index is 652. The van der Waals surface area contributed by atoms with Crippen LogP contribution in [-0.2, 0) is 4.79 Å². The van der Waals surface area contributed by atoms with Gasteiger partial charge in [0.1, 0.15) is 18.1 Å². The number of benzene rings is 2. The first-order valence-corrected chi connectivity index (χ1v) is 7.11. The maximum Gasteiger partial charge on any atom is 0.277 e. The molecule has 1 amide bonds. The maximum absolute atomic E-state index is 11.6. The van der Waals surface area contributed by atoms with E-state index < -0.39 is 0 Å². The Morgan fingerprint density at radius 1 is 1.04 bits per heavy atom. The van der Waals surface area contributed by atoms with Crippen molar-refractivity contribution in [2.24, 2.45) is 5.10 Å². The fraction of sp³-hybridized carbons (Fsp3) is 0.111. The fourth-order valence-corrected chi connectivity index (χ4v) is 1.68. The largest absolute Gasteiger partial charge is 0.490 e. The van der Waals surface area contributed by atoms with E-state index in [-0.39, 0.29) is 12.5 Å². The molecule has 0 saturated heterocycles. The molecule has 0 spiro atoms. The van der Waals surface area contributed by atoms with Gasteiger partial charge in [0, 0.05) is 0 Å². The molecule has 2 rings (SSSR count). The van der Waals surface area contributed by atoms with Crippen LogP contribution in [0.25, 0.3) is 0 Å². The van der Waals surface area contributed by atoms with Gasteiger partial charge in [0.25, 0.3) is 5.91 Å². The van der Waals surface area contributed by atoms with Gasteiger partial charge in [0.2, 0.25) is 0 Å². The second-order valence-corrected chi connectivity index (χ2v) is 4.56. The third-order valence-electron chi connectivity index (χ3n) is 2.76. The second-order valence-electron chi connectivity index (χ2n) is 4.56. The Morgan fingerprint density at radius 2 is 1.74 bits per heavy atom. The van der Waals surface area contributed by atoms with Crippen molar-refractivity contribution >= 4 is 12.1 Å². The first-order chi connectivity index (χ1) is 11.3. The predicted octanol–water partition coefficient (Wildman–Crippen LogP) is 2.78. The van der Waals surface area contributed by atoms with Crippen LogP contribution in [0.3, 0.4) is 0 Å². The van der Waals surface area contributed by atoms with Gasteiger partial charge in [-0.05, 0) is 42.0 Å². The Balaban J connectivity index is 1.74. The summed E-state index contributed by atoms with van der Waals surface area (Å²) in [6, 6.07) is 16.5. The molecule has 0 aromatic heterocycles. The summed E-state index contributed by atoms with van der Waals surface area (Å²) >= 11 is 0. The maximum atomic E-state index is 11.6. The molecular formula is C18H18N2O3. The molecule has 2 aromatic carbocycles. The van der Waals surface area contributed by atoms with Gasteiger partial charge >= 0.3 is 0 Å². The first kappa shape index (κ1) is 16.3. The number of para-hydroxylation sites is 1. The summed E-state index contributed by atoms with van der Waals surface area (Å²) in [5.41, 5.74) is 3.26. The van der Waals surface area contributed by atoms with Crippen LogP contribution in [-0.4, -0.2) is 25.3 Å². The van der Waals surface area contributed by atoms with E-state index in [0.29, 0.717) is 12.4 Å². The molecule has 0 bridgehead atoms. The average Bonchev–Trinajstić information content (AvgIpc) is 2.60. The SMILES string of the molecule is C=CCOc1ccc(/C=N/NC(=O)COc2ccccc2)cc1. The van der Waals surface area contributed by atoms with E-state index in [1.54, 1.807) is 24.4 Å². The van der Waals surface area contributed by atoms with Gasteiger partial charge in [-0.3, -0.25) is 4.79 Å². The van der Waals surface area contributed by atoms with Gasteiger partial charge in [0.15, 0.2) is 6.61 Å². The molecule has 2 aromatic rings. The number of nitrogens with zero attached hydrogens (tertiary/aromatic N) is 1. The lowest BCUT2D eigenvalue weighted by Gasteiger charge is -2.04. The van der Waals surface area contributed by atoms with Crippen molar-refractivity contribution in [1.29, 1.82) is 0 Å². The standard InChI is InChI=1S/C18H18N2O3/c1-2-12-22-17-10-8-15(9-11-17)13-19-20-18(21)14-23-16-6-4-3-5-7-16/h2-11,13H,1,12,14H2,(H,20,21)/b19-13+. The summed E-state index contributed by atoms with van der Waals surface area (Å²) in [5.74, 6) is 1.07. The number of carbonyl (C=O) groups excluding carboxylic acids is 1. The summed E-state index contributed by atoms with van der Waals surface area (Å²) in [6.45, 7) is 3.96.